The van der Waals surface area contributed by atoms with Crippen LogP contribution < -0.4 is 16.0 Å². The summed E-state index contributed by atoms with van der Waals surface area (Å²) in [6, 6.07) is 14.5. The molecule has 2 aromatic carbocycles. The highest BCUT2D eigenvalue weighted by atomic mass is 16.2. The third-order valence-electron chi connectivity index (χ3n) is 3.69. The van der Waals surface area contributed by atoms with E-state index < -0.39 is 11.8 Å². The molecule has 0 saturated carbocycles. The number of hydrogen-bond acceptors (Lipinski definition) is 6. The van der Waals surface area contributed by atoms with E-state index in [4.69, 9.17) is 5.73 Å². The number of nitrogens with zero attached hydrogens (tertiary/aromatic N) is 2. The van der Waals surface area contributed by atoms with Crippen molar-refractivity contribution in [2.45, 2.75) is 13.8 Å². The van der Waals surface area contributed by atoms with Crippen LogP contribution in [0.25, 0.3) is 0 Å². The van der Waals surface area contributed by atoms with E-state index in [1.807, 2.05) is 0 Å². The number of carbonyl (C=O) groups excluding carboxylic acids is 3. The first-order valence-corrected chi connectivity index (χ1v) is 8.02. The molecule has 0 unspecified atom stereocenters. The zero-order chi connectivity index (χ0) is 20.0. The molecule has 0 aromatic heterocycles. The van der Waals surface area contributed by atoms with Crippen molar-refractivity contribution in [1.82, 2.24) is 0 Å². The summed E-state index contributed by atoms with van der Waals surface area (Å²) in [6.07, 6.45) is 1.22. The zero-order valence-electron chi connectivity index (χ0n) is 14.9. The molecule has 0 saturated heterocycles. The topological polar surface area (TPSA) is 116 Å². The molecule has 7 nitrogen and oxygen atoms in total. The molecule has 0 aliphatic heterocycles. The van der Waals surface area contributed by atoms with Gasteiger partial charge in [-0.05, 0) is 55.5 Å². The summed E-state index contributed by atoms with van der Waals surface area (Å²) in [6.45, 7) is 2.69. The van der Waals surface area contributed by atoms with Crippen LogP contribution in [0.5, 0.6) is 0 Å². The molecular formula is C20H18N4O3. The molecule has 0 spiro atoms. The Balaban J connectivity index is 2.25. The molecule has 136 valence electrons. The number of Topliss-reactive ketones (excluding diaryl/α,β-unsaturated/α-hetero) is 1. The first-order valence-electron chi connectivity index (χ1n) is 8.02. The second kappa shape index (κ2) is 8.45. The number of anilines is 3. The Morgan fingerprint density at radius 3 is 2.11 bits per heavy atom. The molecule has 0 aliphatic rings. The zero-order valence-corrected chi connectivity index (χ0v) is 14.9. The maximum atomic E-state index is 12.7. The molecule has 0 atom stereocenters. The van der Waals surface area contributed by atoms with Gasteiger partial charge in [-0.1, -0.05) is 0 Å². The predicted molar refractivity (Wildman–Crippen MR) is 103 cm³/mol. The minimum Gasteiger partial charge on any atom is -0.399 e. The van der Waals surface area contributed by atoms with Crippen molar-refractivity contribution in [3.63, 3.8) is 0 Å². The van der Waals surface area contributed by atoms with Crippen LogP contribution in [0, 0.1) is 11.3 Å². The van der Waals surface area contributed by atoms with Crippen LogP contribution in [0.1, 0.15) is 24.2 Å². The summed E-state index contributed by atoms with van der Waals surface area (Å²) >= 11 is 0. The van der Waals surface area contributed by atoms with Gasteiger partial charge < -0.3 is 11.1 Å². The van der Waals surface area contributed by atoms with Gasteiger partial charge >= 0.3 is 0 Å². The van der Waals surface area contributed by atoms with E-state index >= 15 is 0 Å². The number of imide groups is 1. The molecule has 0 radical (unpaired) electrons. The van der Waals surface area contributed by atoms with Crippen LogP contribution in [0.15, 0.2) is 60.3 Å². The first-order chi connectivity index (χ1) is 12.8. The number of ketones is 1. The maximum absolute atomic E-state index is 12.7. The van der Waals surface area contributed by atoms with E-state index in [9.17, 15) is 19.6 Å². The number of hydrogen-bond donors (Lipinski definition) is 2. The monoisotopic (exact) mass is 362 g/mol. The Morgan fingerprint density at radius 1 is 1.04 bits per heavy atom. The van der Waals surface area contributed by atoms with E-state index in [1.54, 1.807) is 42.5 Å². The number of carbonyl (C=O) groups is 3. The van der Waals surface area contributed by atoms with Crippen molar-refractivity contribution in [2.75, 3.05) is 16.0 Å². The summed E-state index contributed by atoms with van der Waals surface area (Å²) in [5.41, 5.74) is 7.31. The van der Waals surface area contributed by atoms with Gasteiger partial charge in [-0.3, -0.25) is 14.4 Å². The highest BCUT2D eigenvalue weighted by Gasteiger charge is 2.23. The van der Waals surface area contributed by atoms with Crippen LogP contribution >= 0.6 is 0 Å². The van der Waals surface area contributed by atoms with Gasteiger partial charge in [-0.25, -0.2) is 4.90 Å². The highest BCUT2D eigenvalue weighted by Crippen LogP contribution is 2.19. The average molecular weight is 362 g/mol. The average Bonchev–Trinajstić information content (AvgIpc) is 2.64. The Labute approximate surface area is 156 Å². The van der Waals surface area contributed by atoms with Crippen LogP contribution in [0.3, 0.4) is 0 Å². The molecule has 3 N–H and O–H groups in total. The van der Waals surface area contributed by atoms with Crippen molar-refractivity contribution in [2.24, 2.45) is 0 Å². The Hall–Kier alpha value is -3.92. The summed E-state index contributed by atoms with van der Waals surface area (Å²) in [5.74, 6) is -1.36. The molecule has 2 amide bonds. The van der Waals surface area contributed by atoms with E-state index in [1.165, 1.54) is 32.2 Å². The van der Waals surface area contributed by atoms with E-state index in [2.05, 4.69) is 5.32 Å². The molecule has 0 aliphatic carbocycles. The van der Waals surface area contributed by atoms with Gasteiger partial charge in [0.05, 0.1) is 5.69 Å². The van der Waals surface area contributed by atoms with Gasteiger partial charge in [0.15, 0.2) is 5.78 Å². The second-order valence-corrected chi connectivity index (χ2v) is 5.70. The largest absolute Gasteiger partial charge is 0.399 e. The number of rotatable bonds is 5. The predicted octanol–water partition coefficient (Wildman–Crippen LogP) is 2.87. The fourth-order valence-corrected chi connectivity index (χ4v) is 2.28. The molecule has 2 aromatic rings. The van der Waals surface area contributed by atoms with Gasteiger partial charge in [0, 0.05) is 30.1 Å². The Morgan fingerprint density at radius 2 is 1.63 bits per heavy atom. The lowest BCUT2D eigenvalue weighted by Gasteiger charge is -2.19. The highest BCUT2D eigenvalue weighted by molar-refractivity contribution is 6.21. The minimum atomic E-state index is -0.761. The minimum absolute atomic E-state index is 0.0643. The summed E-state index contributed by atoms with van der Waals surface area (Å²) in [7, 11) is 0. The van der Waals surface area contributed by atoms with Gasteiger partial charge in [0.25, 0.3) is 5.91 Å². The van der Waals surface area contributed by atoms with Gasteiger partial charge in [0.2, 0.25) is 5.91 Å². The normalized spacial score (nSPS) is 10.6. The molecule has 0 fully saturated rings. The van der Waals surface area contributed by atoms with Crippen LogP contribution in [-0.4, -0.2) is 17.6 Å². The summed E-state index contributed by atoms with van der Waals surface area (Å²) in [4.78, 5) is 36.8. The Kier molecular flexibility index (Phi) is 6.07. The van der Waals surface area contributed by atoms with Crippen molar-refractivity contribution < 1.29 is 14.4 Å². The van der Waals surface area contributed by atoms with Crippen LogP contribution in [0.4, 0.5) is 17.1 Å². The lowest BCUT2D eigenvalue weighted by molar-refractivity contribution is -0.123. The first kappa shape index (κ1) is 19.4. The van der Waals surface area contributed by atoms with Crippen molar-refractivity contribution in [3.05, 3.63) is 65.9 Å². The third kappa shape index (κ3) is 4.80. The number of benzene rings is 2. The molecule has 7 heteroatoms. The SMILES string of the molecule is CC(=O)c1ccc(N/C=C(/C#N)C(=O)N(C(C)=O)c2ccc(N)cc2)cc1. The fourth-order valence-electron chi connectivity index (χ4n) is 2.28. The van der Waals surface area contributed by atoms with E-state index in [0.29, 0.717) is 22.6 Å². The van der Waals surface area contributed by atoms with E-state index in [0.717, 1.165) is 4.90 Å². The molecule has 0 heterocycles. The second-order valence-electron chi connectivity index (χ2n) is 5.70. The van der Waals surface area contributed by atoms with Gasteiger partial charge in [-0.2, -0.15) is 5.26 Å². The van der Waals surface area contributed by atoms with E-state index in [-0.39, 0.29) is 11.4 Å². The van der Waals surface area contributed by atoms with Crippen molar-refractivity contribution in [3.8, 4) is 6.07 Å². The molecule has 2 rings (SSSR count). The molecule has 27 heavy (non-hydrogen) atoms. The smallest absolute Gasteiger partial charge is 0.277 e. The standard InChI is InChI=1S/C20H18N4O3/c1-13(25)15-3-7-18(8-4-15)23-12-16(11-21)20(27)24(14(2)26)19-9-5-17(22)6-10-19/h3-10,12,23H,22H2,1-2H3/b16-12-. The summed E-state index contributed by atoms with van der Waals surface area (Å²) < 4.78 is 0. The van der Waals surface area contributed by atoms with Crippen molar-refractivity contribution >= 4 is 34.7 Å². The number of amides is 2. The van der Waals surface area contributed by atoms with Crippen LogP contribution in [-0.2, 0) is 9.59 Å². The van der Waals surface area contributed by atoms with Gasteiger partial charge in [0.1, 0.15) is 11.6 Å². The third-order valence-corrected chi connectivity index (χ3v) is 3.69. The van der Waals surface area contributed by atoms with Crippen molar-refractivity contribution in [1.29, 1.82) is 5.26 Å². The Bertz CT molecular complexity index is 939. The van der Waals surface area contributed by atoms with Crippen LogP contribution in [0.2, 0.25) is 0 Å². The molecular weight excluding hydrogens is 344 g/mol. The summed E-state index contributed by atoms with van der Waals surface area (Å²) in [5, 5.41) is 12.2. The lowest BCUT2D eigenvalue weighted by Crippen LogP contribution is -2.36. The quantitative estimate of drug-likeness (QED) is 0.366. The van der Waals surface area contributed by atoms with Gasteiger partial charge in [-0.15, -0.1) is 0 Å². The fraction of sp³-hybridized carbons (Fsp3) is 0.100. The number of nitrogens with one attached hydrogen (secondary N) is 1. The number of nitrogens with two attached hydrogens (primary N) is 1. The maximum Gasteiger partial charge on any atom is 0.277 e. The molecule has 0 bridgehead atoms. The number of nitrogen functional groups attached to an aromatic ring is 1. The lowest BCUT2D eigenvalue weighted by atomic mass is 10.1. The number of nitriles is 1.